The summed E-state index contributed by atoms with van der Waals surface area (Å²) in [5, 5.41) is 4.79. The van der Waals surface area contributed by atoms with E-state index in [0.29, 0.717) is 47.4 Å². The number of sulfonamides is 1. The van der Waals surface area contributed by atoms with Gasteiger partial charge in [0.2, 0.25) is 0 Å². The highest BCUT2D eigenvalue weighted by molar-refractivity contribution is 7.92. The molecule has 2 aromatic carbocycles. The normalized spacial score (nSPS) is 14.7. The number of pyridine rings is 1. The average Bonchev–Trinajstić information content (AvgIpc) is 3.47. The molecule has 11 nitrogen and oxygen atoms in total. The summed E-state index contributed by atoms with van der Waals surface area (Å²) in [6.45, 7) is 8.41. The number of piperazine rings is 1. The molecule has 0 bridgehead atoms. The molecule has 0 unspecified atom stereocenters. The minimum Gasteiger partial charge on any atom is -0.493 e. The Kier molecular flexibility index (Phi) is 8.91. The fourth-order valence-corrected chi connectivity index (χ4v) is 5.65. The molecule has 0 saturated carbocycles. The van der Waals surface area contributed by atoms with Crippen LogP contribution in [-0.4, -0.2) is 86.5 Å². The van der Waals surface area contributed by atoms with Crippen LogP contribution in [0.5, 0.6) is 23.0 Å². The lowest BCUT2D eigenvalue weighted by molar-refractivity contribution is 0.145. The third kappa shape index (κ3) is 7.07. The zero-order chi connectivity index (χ0) is 28.8. The Morgan fingerprint density at radius 2 is 1.85 bits per heavy atom. The SMILES string of the molecule is CCn1cc(S(=O)(=O)Nc2cccc(Oc3ccnc4cc(OCCCN5CCN(C)CC5)c(OC)cc34)c2)cn1. The van der Waals surface area contributed by atoms with Crippen molar-refractivity contribution in [2.75, 3.05) is 58.2 Å². The number of aryl methyl sites for hydroxylation is 1. The van der Waals surface area contributed by atoms with Gasteiger partial charge in [0, 0.05) is 69.2 Å². The summed E-state index contributed by atoms with van der Waals surface area (Å²) in [6, 6.07) is 12.2. The molecule has 2 aromatic heterocycles. The van der Waals surface area contributed by atoms with Gasteiger partial charge >= 0.3 is 0 Å². The lowest BCUT2D eigenvalue weighted by Crippen LogP contribution is -2.44. The predicted molar refractivity (Wildman–Crippen MR) is 158 cm³/mol. The van der Waals surface area contributed by atoms with E-state index in [2.05, 4.69) is 31.7 Å². The minimum absolute atomic E-state index is 0.0928. The van der Waals surface area contributed by atoms with Gasteiger partial charge in [0.15, 0.2) is 11.5 Å². The Bertz CT molecular complexity index is 1580. The van der Waals surface area contributed by atoms with Crippen molar-refractivity contribution in [3.63, 3.8) is 0 Å². The van der Waals surface area contributed by atoms with Gasteiger partial charge in [-0.25, -0.2) is 8.42 Å². The Morgan fingerprint density at radius 3 is 2.61 bits per heavy atom. The van der Waals surface area contributed by atoms with E-state index in [1.165, 1.54) is 12.4 Å². The summed E-state index contributed by atoms with van der Waals surface area (Å²) in [7, 11) is -0.0302. The molecule has 12 heteroatoms. The molecule has 41 heavy (non-hydrogen) atoms. The molecule has 1 aliphatic rings. The van der Waals surface area contributed by atoms with Crippen molar-refractivity contribution in [1.29, 1.82) is 0 Å². The molecule has 1 N–H and O–H groups in total. The maximum Gasteiger partial charge on any atom is 0.265 e. The van der Waals surface area contributed by atoms with Crippen molar-refractivity contribution < 1.29 is 22.6 Å². The molecule has 5 rings (SSSR count). The van der Waals surface area contributed by atoms with Crippen LogP contribution in [0.25, 0.3) is 10.9 Å². The van der Waals surface area contributed by atoms with Crippen molar-refractivity contribution in [3.8, 4) is 23.0 Å². The predicted octanol–water partition coefficient (Wildman–Crippen LogP) is 4.07. The molecule has 0 atom stereocenters. The van der Waals surface area contributed by atoms with Crippen LogP contribution in [0.2, 0.25) is 0 Å². The van der Waals surface area contributed by atoms with Crippen LogP contribution in [0.15, 0.2) is 66.0 Å². The summed E-state index contributed by atoms with van der Waals surface area (Å²) in [6.07, 6.45) is 5.40. The van der Waals surface area contributed by atoms with Crippen molar-refractivity contribution in [3.05, 3.63) is 61.1 Å². The molecule has 1 fully saturated rings. The summed E-state index contributed by atoms with van der Waals surface area (Å²) in [4.78, 5) is 9.41. The van der Waals surface area contributed by atoms with Gasteiger partial charge in [-0.3, -0.25) is 14.4 Å². The topological polar surface area (TPSA) is 111 Å². The van der Waals surface area contributed by atoms with Crippen molar-refractivity contribution in [1.82, 2.24) is 24.6 Å². The Morgan fingerprint density at radius 1 is 1.02 bits per heavy atom. The third-order valence-electron chi connectivity index (χ3n) is 7.02. The number of methoxy groups -OCH3 is 1. The van der Waals surface area contributed by atoms with Crippen molar-refractivity contribution >= 4 is 26.6 Å². The van der Waals surface area contributed by atoms with Crippen molar-refractivity contribution in [2.45, 2.75) is 24.8 Å². The number of rotatable bonds is 12. The van der Waals surface area contributed by atoms with Gasteiger partial charge in [-0.05, 0) is 44.7 Å². The number of ether oxygens (including phenoxy) is 3. The molecule has 3 heterocycles. The first-order valence-corrected chi connectivity index (χ1v) is 15.2. The number of anilines is 1. The number of fused-ring (bicyclic) bond motifs is 1. The van der Waals surface area contributed by atoms with E-state index < -0.39 is 10.0 Å². The highest BCUT2D eigenvalue weighted by atomic mass is 32.2. The van der Waals surface area contributed by atoms with Crippen LogP contribution in [0.3, 0.4) is 0 Å². The number of hydrogen-bond acceptors (Lipinski definition) is 9. The van der Waals surface area contributed by atoms with E-state index >= 15 is 0 Å². The molecular formula is C29H36N6O5S. The fraction of sp³-hybridized carbons (Fsp3) is 0.379. The molecule has 0 aliphatic carbocycles. The maximum absolute atomic E-state index is 12.8. The van der Waals surface area contributed by atoms with Gasteiger partial charge in [0.25, 0.3) is 10.0 Å². The summed E-state index contributed by atoms with van der Waals surface area (Å²) < 4.78 is 47.7. The molecule has 218 valence electrons. The summed E-state index contributed by atoms with van der Waals surface area (Å²) >= 11 is 0. The maximum atomic E-state index is 12.8. The molecule has 0 spiro atoms. The zero-order valence-corrected chi connectivity index (χ0v) is 24.4. The Balaban J connectivity index is 1.27. The Hall–Kier alpha value is -3.87. The molecular weight excluding hydrogens is 544 g/mol. The molecule has 1 saturated heterocycles. The van der Waals surface area contributed by atoms with E-state index in [4.69, 9.17) is 14.2 Å². The van der Waals surface area contributed by atoms with Gasteiger partial charge in [0.1, 0.15) is 16.4 Å². The van der Waals surface area contributed by atoms with Crippen molar-refractivity contribution in [2.24, 2.45) is 0 Å². The van der Waals surface area contributed by atoms with Crippen LogP contribution in [-0.2, 0) is 16.6 Å². The van der Waals surface area contributed by atoms with Gasteiger partial charge in [-0.1, -0.05) is 6.07 Å². The van der Waals surface area contributed by atoms with E-state index in [1.54, 1.807) is 48.3 Å². The van der Waals surface area contributed by atoms with Gasteiger partial charge < -0.3 is 24.0 Å². The molecule has 4 aromatic rings. The lowest BCUT2D eigenvalue weighted by atomic mass is 10.1. The lowest BCUT2D eigenvalue weighted by Gasteiger charge is -2.32. The minimum atomic E-state index is -3.79. The number of nitrogens with one attached hydrogen (secondary N) is 1. The second-order valence-electron chi connectivity index (χ2n) is 9.94. The van der Waals surface area contributed by atoms with Crippen LogP contribution in [0.1, 0.15) is 13.3 Å². The number of aromatic nitrogens is 3. The second kappa shape index (κ2) is 12.8. The van der Waals surface area contributed by atoms with Gasteiger partial charge in [-0.2, -0.15) is 5.10 Å². The highest BCUT2D eigenvalue weighted by Gasteiger charge is 2.18. The molecule has 0 amide bonds. The van der Waals surface area contributed by atoms with E-state index in [-0.39, 0.29) is 4.90 Å². The van der Waals surface area contributed by atoms with Gasteiger partial charge in [0.05, 0.1) is 31.1 Å². The van der Waals surface area contributed by atoms with Crippen LogP contribution >= 0.6 is 0 Å². The largest absolute Gasteiger partial charge is 0.493 e. The second-order valence-corrected chi connectivity index (χ2v) is 11.6. The third-order valence-corrected chi connectivity index (χ3v) is 8.35. The van der Waals surface area contributed by atoms with E-state index in [9.17, 15) is 8.42 Å². The quantitative estimate of drug-likeness (QED) is 0.248. The molecule has 1 aliphatic heterocycles. The number of benzene rings is 2. The zero-order valence-electron chi connectivity index (χ0n) is 23.6. The smallest absolute Gasteiger partial charge is 0.265 e. The van der Waals surface area contributed by atoms with Crippen LogP contribution in [0, 0.1) is 0 Å². The standard InChI is InChI=1S/C29H36N6O5S/c1-4-35-21-24(20-31-35)41(36,37)32-22-7-5-8-23(17-22)40-27-9-10-30-26-19-29(28(38-3)18-25(26)27)39-16-6-11-34-14-12-33(2)13-15-34/h5,7-10,17-21,32H,4,6,11-16H2,1-3H3. The monoisotopic (exact) mass is 580 g/mol. The number of nitrogens with zero attached hydrogens (tertiary/aromatic N) is 5. The number of hydrogen-bond donors (Lipinski definition) is 1. The Labute approximate surface area is 240 Å². The fourth-order valence-electron chi connectivity index (χ4n) is 4.65. The number of likely N-dealkylation sites (N-methyl/N-ethyl adjacent to an activating group) is 1. The van der Waals surface area contributed by atoms with Gasteiger partial charge in [-0.15, -0.1) is 0 Å². The summed E-state index contributed by atoms with van der Waals surface area (Å²) in [5.41, 5.74) is 1.07. The van der Waals surface area contributed by atoms with Crippen LogP contribution < -0.4 is 18.9 Å². The first-order valence-electron chi connectivity index (χ1n) is 13.7. The first-order chi connectivity index (χ1) is 19.8. The first kappa shape index (κ1) is 28.7. The van der Waals surface area contributed by atoms with E-state index in [0.717, 1.165) is 44.5 Å². The highest BCUT2D eigenvalue weighted by Crippen LogP contribution is 2.37. The van der Waals surface area contributed by atoms with Crippen LogP contribution in [0.4, 0.5) is 5.69 Å². The van der Waals surface area contributed by atoms with E-state index in [1.807, 2.05) is 19.1 Å². The molecule has 0 radical (unpaired) electrons. The summed E-state index contributed by atoms with van der Waals surface area (Å²) in [5.74, 6) is 2.24. The average molecular weight is 581 g/mol.